The van der Waals surface area contributed by atoms with E-state index in [1.807, 2.05) is 20.8 Å². The third-order valence-electron chi connectivity index (χ3n) is 1.06. The summed E-state index contributed by atoms with van der Waals surface area (Å²) in [4.78, 5) is 0. The van der Waals surface area contributed by atoms with Crippen molar-refractivity contribution in [3.63, 3.8) is 0 Å². The second-order valence-electron chi connectivity index (χ2n) is 4.47. The molecule has 0 atom stereocenters. The Hall–Kier alpha value is -0.120. The van der Waals surface area contributed by atoms with Gasteiger partial charge in [-0.1, -0.05) is 27.2 Å². The summed E-state index contributed by atoms with van der Waals surface area (Å²) in [7, 11) is 0. The first-order valence-electron chi connectivity index (χ1n) is 6.03. The molecule has 0 aliphatic rings. The predicted molar refractivity (Wildman–Crippen MR) is 72.1 cm³/mol. The van der Waals surface area contributed by atoms with Crippen LogP contribution >= 0.6 is 0 Å². The Kier molecular flexibility index (Phi) is 22.1. The van der Waals surface area contributed by atoms with Gasteiger partial charge in [0.2, 0.25) is 0 Å². The van der Waals surface area contributed by atoms with Crippen LogP contribution in [0.25, 0.3) is 0 Å². The van der Waals surface area contributed by atoms with Gasteiger partial charge in [-0.3, -0.25) is 0 Å². The van der Waals surface area contributed by atoms with Gasteiger partial charge in [0.25, 0.3) is 0 Å². The highest BCUT2D eigenvalue weighted by atomic mass is 14.8. The van der Waals surface area contributed by atoms with E-state index in [2.05, 4.69) is 26.1 Å². The normalized spacial score (nSPS) is 9.60. The average molecular weight is 219 g/mol. The van der Waals surface area contributed by atoms with Crippen molar-refractivity contribution in [2.75, 3.05) is 19.6 Å². The second-order valence-corrected chi connectivity index (χ2v) is 4.47. The van der Waals surface area contributed by atoms with Gasteiger partial charge in [-0.25, -0.2) is 0 Å². The first kappa shape index (κ1) is 20.3. The van der Waals surface area contributed by atoms with Gasteiger partial charge >= 0.3 is 0 Å². The molecule has 0 aliphatic heterocycles. The third kappa shape index (κ3) is 130. The first-order valence-corrected chi connectivity index (χ1v) is 6.03. The summed E-state index contributed by atoms with van der Waals surface area (Å²) in [5.41, 5.74) is 10.5. The molecular formula is C12H33N3. The van der Waals surface area contributed by atoms with Crippen LogP contribution in [0.4, 0.5) is 0 Å². The maximum atomic E-state index is 5.35. The van der Waals surface area contributed by atoms with Crippen LogP contribution in [0.5, 0.6) is 0 Å². The van der Waals surface area contributed by atoms with Crippen molar-refractivity contribution in [3.05, 3.63) is 0 Å². The number of nitrogens with one attached hydrogen (secondary N) is 1. The van der Waals surface area contributed by atoms with Crippen LogP contribution in [0.2, 0.25) is 0 Å². The summed E-state index contributed by atoms with van der Waals surface area (Å²) >= 11 is 0. The lowest BCUT2D eigenvalue weighted by Gasteiger charge is -2.06. The van der Waals surface area contributed by atoms with Crippen LogP contribution in [-0.2, 0) is 0 Å². The van der Waals surface area contributed by atoms with Gasteiger partial charge in [-0.15, -0.1) is 0 Å². The number of unbranched alkanes of at least 4 members (excludes halogenated alkanes) is 1. The molecule has 0 unspecified atom stereocenters. The summed E-state index contributed by atoms with van der Waals surface area (Å²) in [5.74, 6) is 0. The highest BCUT2D eigenvalue weighted by Crippen LogP contribution is 1.88. The smallest absolute Gasteiger partial charge is 0.00686 e. The maximum absolute atomic E-state index is 5.35. The summed E-state index contributed by atoms with van der Waals surface area (Å²) in [6.45, 7) is 15.3. The van der Waals surface area contributed by atoms with E-state index in [-0.39, 0.29) is 5.54 Å². The van der Waals surface area contributed by atoms with Gasteiger partial charge < -0.3 is 16.8 Å². The highest BCUT2D eigenvalue weighted by Gasteiger charge is 1.95. The Labute approximate surface area is 97.0 Å². The maximum Gasteiger partial charge on any atom is 0.00686 e. The topological polar surface area (TPSA) is 64.1 Å². The van der Waals surface area contributed by atoms with E-state index in [1.165, 1.54) is 12.8 Å². The molecule has 0 aliphatic carbocycles. The van der Waals surface area contributed by atoms with Gasteiger partial charge in [0, 0.05) is 5.54 Å². The molecule has 0 aromatic rings. The Bertz CT molecular complexity index is 71.4. The number of rotatable bonds is 4. The Morgan fingerprint density at radius 3 is 1.33 bits per heavy atom. The highest BCUT2D eigenvalue weighted by molar-refractivity contribution is 4.60. The molecule has 0 amide bonds. The molecule has 0 rings (SSSR count). The zero-order chi connectivity index (χ0) is 12.7. The molecular weight excluding hydrogens is 186 g/mol. The first-order chi connectivity index (χ1) is 6.83. The molecule has 0 saturated heterocycles. The lowest BCUT2D eigenvalue weighted by atomic mass is 10.1. The van der Waals surface area contributed by atoms with Crippen molar-refractivity contribution in [1.82, 2.24) is 5.32 Å². The van der Waals surface area contributed by atoms with E-state index in [0.29, 0.717) is 0 Å². The molecule has 0 fully saturated rings. The van der Waals surface area contributed by atoms with Gasteiger partial charge in [-0.05, 0) is 46.8 Å². The molecule has 15 heavy (non-hydrogen) atoms. The minimum atomic E-state index is 0. The molecule has 0 aromatic carbocycles. The van der Waals surface area contributed by atoms with Crippen LogP contribution in [0.1, 0.15) is 54.4 Å². The Morgan fingerprint density at radius 1 is 1.00 bits per heavy atom. The quantitative estimate of drug-likeness (QED) is 0.678. The van der Waals surface area contributed by atoms with Crippen LogP contribution in [0, 0.1) is 0 Å². The number of hydrogen-bond donors (Lipinski definition) is 3. The third-order valence-corrected chi connectivity index (χ3v) is 1.06. The minimum absolute atomic E-state index is 0. The van der Waals surface area contributed by atoms with Crippen molar-refractivity contribution in [1.29, 1.82) is 0 Å². The molecule has 0 spiro atoms. The van der Waals surface area contributed by atoms with Gasteiger partial charge in [0.05, 0.1) is 0 Å². The molecule has 0 radical (unpaired) electrons. The molecule has 3 heteroatoms. The summed E-state index contributed by atoms with van der Waals surface area (Å²) in [6.07, 6.45) is 2.39. The molecule has 0 aromatic heterocycles. The van der Waals surface area contributed by atoms with Crippen LogP contribution in [0.3, 0.4) is 0 Å². The van der Waals surface area contributed by atoms with Crippen molar-refractivity contribution in [2.45, 2.75) is 59.9 Å². The summed E-state index contributed by atoms with van der Waals surface area (Å²) in [5, 5.41) is 3.11. The fourth-order valence-electron chi connectivity index (χ4n) is 0.454. The van der Waals surface area contributed by atoms with E-state index in [0.717, 1.165) is 19.6 Å². The Morgan fingerprint density at radius 2 is 1.33 bits per heavy atom. The van der Waals surface area contributed by atoms with Crippen molar-refractivity contribution in [2.24, 2.45) is 11.5 Å². The lowest BCUT2D eigenvalue weighted by Crippen LogP contribution is -2.26. The monoisotopic (exact) mass is 219 g/mol. The standard InChI is InChI=1S/3C4H11N/c1-4(2,3)5;1-3-5-4-2;1-2-3-4-5/h5H2,1-3H3;5H,3-4H2,1-2H3;2-5H2,1H3. The number of nitrogens with two attached hydrogens (primary N) is 2. The van der Waals surface area contributed by atoms with E-state index < -0.39 is 0 Å². The van der Waals surface area contributed by atoms with Crippen LogP contribution < -0.4 is 16.8 Å². The van der Waals surface area contributed by atoms with Gasteiger partial charge in [-0.2, -0.15) is 0 Å². The minimum Gasteiger partial charge on any atom is -0.330 e. The number of hydrogen-bond acceptors (Lipinski definition) is 3. The molecule has 3 nitrogen and oxygen atoms in total. The molecule has 0 bridgehead atoms. The Balaban J connectivity index is -0.000000144. The lowest BCUT2D eigenvalue weighted by molar-refractivity contribution is 0.580. The summed E-state index contributed by atoms with van der Waals surface area (Å²) < 4.78 is 0. The molecule has 96 valence electrons. The predicted octanol–water partition coefficient (Wildman–Crippen LogP) is 2.10. The van der Waals surface area contributed by atoms with Crippen LogP contribution in [-0.4, -0.2) is 25.2 Å². The van der Waals surface area contributed by atoms with E-state index in [1.54, 1.807) is 0 Å². The molecule has 5 N–H and O–H groups in total. The zero-order valence-electron chi connectivity index (χ0n) is 11.7. The van der Waals surface area contributed by atoms with Crippen LogP contribution in [0.15, 0.2) is 0 Å². The van der Waals surface area contributed by atoms with Crippen molar-refractivity contribution < 1.29 is 0 Å². The van der Waals surface area contributed by atoms with E-state index in [9.17, 15) is 0 Å². The zero-order valence-corrected chi connectivity index (χ0v) is 11.7. The van der Waals surface area contributed by atoms with Crippen molar-refractivity contribution in [3.8, 4) is 0 Å². The second kappa shape index (κ2) is 16.3. The largest absolute Gasteiger partial charge is 0.330 e. The van der Waals surface area contributed by atoms with Crippen molar-refractivity contribution >= 4 is 0 Å². The fraction of sp³-hybridized carbons (Fsp3) is 1.00. The fourth-order valence-corrected chi connectivity index (χ4v) is 0.454. The average Bonchev–Trinajstić information content (AvgIpc) is 2.05. The van der Waals surface area contributed by atoms with Gasteiger partial charge in [0.1, 0.15) is 0 Å². The van der Waals surface area contributed by atoms with E-state index >= 15 is 0 Å². The van der Waals surface area contributed by atoms with E-state index in [4.69, 9.17) is 11.5 Å². The van der Waals surface area contributed by atoms with Gasteiger partial charge in [0.15, 0.2) is 0 Å². The SMILES string of the molecule is CC(C)(C)N.CCCCN.CCNCC. The molecule has 0 heterocycles. The summed E-state index contributed by atoms with van der Waals surface area (Å²) in [6, 6.07) is 0. The molecule has 0 saturated carbocycles.